The first-order valence-electron chi connectivity index (χ1n) is 14.4. The van der Waals surface area contributed by atoms with Crippen molar-refractivity contribution in [1.29, 1.82) is 0 Å². The SMILES string of the molecule is CC1[C-]=CC(C2(C)CCCCC2)=C1.Cc1[c-]c2c(cc1C)-c1cc(C)c(C)cc1C2.Cc1cc[c-]cc1.Cl.Cl.[CH2]=[Zr]. The molecule has 0 radical (unpaired) electrons. The van der Waals surface area contributed by atoms with E-state index in [-0.39, 0.29) is 24.8 Å². The van der Waals surface area contributed by atoms with Crippen molar-refractivity contribution in [3.63, 3.8) is 0 Å². The van der Waals surface area contributed by atoms with Gasteiger partial charge in [0.2, 0.25) is 0 Å². The Balaban J connectivity index is 0.000000312. The maximum atomic E-state index is 3.54. The van der Waals surface area contributed by atoms with Gasteiger partial charge in [0.25, 0.3) is 0 Å². The van der Waals surface area contributed by atoms with E-state index in [1.165, 1.54) is 106 Å². The van der Waals surface area contributed by atoms with Gasteiger partial charge in [-0.25, -0.2) is 6.08 Å². The van der Waals surface area contributed by atoms with E-state index in [0.717, 1.165) is 6.42 Å². The van der Waals surface area contributed by atoms with Crippen LogP contribution in [0.2, 0.25) is 0 Å². The van der Waals surface area contributed by atoms with E-state index in [1.807, 2.05) is 24.3 Å². The van der Waals surface area contributed by atoms with Crippen molar-refractivity contribution in [3.8, 4) is 11.1 Å². The first-order valence-corrected chi connectivity index (χ1v) is 16.1. The molecule has 3 aliphatic carbocycles. The second-order valence-electron chi connectivity index (χ2n) is 11.7. The van der Waals surface area contributed by atoms with Crippen LogP contribution in [-0.4, -0.2) is 4.21 Å². The molecule has 41 heavy (non-hydrogen) atoms. The molecule has 0 aromatic heterocycles. The molecule has 0 nitrogen and oxygen atoms in total. The number of aryl methyl sites for hydroxylation is 5. The summed E-state index contributed by atoms with van der Waals surface area (Å²) >= 11 is 1.30. The summed E-state index contributed by atoms with van der Waals surface area (Å²) in [6, 6.07) is 21.3. The van der Waals surface area contributed by atoms with Gasteiger partial charge in [0.1, 0.15) is 0 Å². The van der Waals surface area contributed by atoms with Crippen molar-refractivity contribution in [2.24, 2.45) is 11.3 Å². The van der Waals surface area contributed by atoms with Gasteiger partial charge in [-0.15, -0.1) is 35.9 Å². The fraction of sp³-hybridized carbons (Fsp3) is 0.395. The average molecular weight is 666 g/mol. The van der Waals surface area contributed by atoms with E-state index in [1.54, 1.807) is 5.57 Å². The minimum absolute atomic E-state index is 0. The van der Waals surface area contributed by atoms with Crippen molar-refractivity contribution in [1.82, 2.24) is 0 Å². The van der Waals surface area contributed by atoms with Crippen LogP contribution in [0.15, 0.2) is 60.2 Å². The number of halogens is 2. The first kappa shape index (κ1) is 37.5. The number of fused-ring (bicyclic) bond motifs is 3. The molecule has 0 bridgehead atoms. The third-order valence-electron chi connectivity index (χ3n) is 8.46. The second-order valence-corrected chi connectivity index (χ2v) is 11.7. The fourth-order valence-corrected chi connectivity index (χ4v) is 5.70. The number of hydrogen-bond donors (Lipinski definition) is 0. The zero-order valence-corrected chi connectivity index (χ0v) is 30.1. The van der Waals surface area contributed by atoms with E-state index in [0.29, 0.717) is 11.3 Å². The molecule has 220 valence electrons. The predicted octanol–water partition coefficient (Wildman–Crippen LogP) is 10.8. The minimum atomic E-state index is 0. The molecule has 0 spiro atoms. The summed E-state index contributed by atoms with van der Waals surface area (Å²) in [5.74, 6) is 0.550. The molecular formula is C38H47Cl2Zr-3. The second kappa shape index (κ2) is 17.6. The summed E-state index contributed by atoms with van der Waals surface area (Å²) in [5.41, 5.74) is 14.4. The van der Waals surface area contributed by atoms with Gasteiger partial charge in [-0.1, -0.05) is 95.8 Å². The van der Waals surface area contributed by atoms with E-state index in [2.05, 4.69) is 101 Å². The van der Waals surface area contributed by atoms with Crippen LogP contribution < -0.4 is 0 Å². The van der Waals surface area contributed by atoms with Crippen LogP contribution in [0, 0.1) is 64.2 Å². The molecule has 6 rings (SSSR count). The normalized spacial score (nSPS) is 16.8. The molecule has 0 amide bonds. The van der Waals surface area contributed by atoms with Gasteiger partial charge in [-0.3, -0.25) is 6.08 Å². The molecule has 1 atom stereocenters. The Morgan fingerprint density at radius 2 is 1.41 bits per heavy atom. The van der Waals surface area contributed by atoms with Gasteiger partial charge in [0.05, 0.1) is 0 Å². The Morgan fingerprint density at radius 1 is 0.829 bits per heavy atom. The van der Waals surface area contributed by atoms with Crippen molar-refractivity contribution < 1.29 is 24.2 Å². The molecule has 3 aliphatic rings. The Kier molecular flexibility index (Phi) is 16.1. The molecule has 3 aromatic rings. The summed E-state index contributed by atoms with van der Waals surface area (Å²) in [5, 5.41) is 0. The van der Waals surface area contributed by atoms with Gasteiger partial charge in [0.15, 0.2) is 0 Å². The molecule has 3 heteroatoms. The standard InChI is InChI=1S/C17H17.C13H19.C7H7.CH2.2ClH.Zr/c1-10-5-14-9-15-6-11(2)13(4)8-17(15)16(14)7-12(10)3;1-11-6-7-12(10-11)13(2)8-4-3-5-9-13;1-7-5-3-2-4-6-7;;;;/h5,7-8H,9H2,1-4H3;7,10-11H,3-5,8-9H2,1-2H3;3-6H,1H3;1H2;2*1H;/q3*-1;;;;. The van der Waals surface area contributed by atoms with Crippen LogP contribution in [0.25, 0.3) is 11.1 Å². The molecule has 0 aliphatic heterocycles. The average Bonchev–Trinajstić information content (AvgIpc) is 3.51. The molecule has 0 N–H and O–H groups in total. The van der Waals surface area contributed by atoms with E-state index >= 15 is 0 Å². The maximum absolute atomic E-state index is 3.54. The fourth-order valence-electron chi connectivity index (χ4n) is 5.70. The third kappa shape index (κ3) is 10.0. The Bertz CT molecular complexity index is 1260. The molecule has 1 unspecified atom stereocenters. The summed E-state index contributed by atoms with van der Waals surface area (Å²) in [7, 11) is 0. The van der Waals surface area contributed by atoms with Crippen molar-refractivity contribution in [3.05, 3.63) is 117 Å². The van der Waals surface area contributed by atoms with Gasteiger partial charge in [-0.05, 0) is 37.0 Å². The van der Waals surface area contributed by atoms with E-state index in [9.17, 15) is 0 Å². The Morgan fingerprint density at radius 3 is 1.95 bits per heavy atom. The number of rotatable bonds is 1. The predicted molar refractivity (Wildman–Crippen MR) is 180 cm³/mol. The number of benzene rings is 3. The van der Waals surface area contributed by atoms with E-state index in [4.69, 9.17) is 0 Å². The summed E-state index contributed by atoms with van der Waals surface area (Å²) in [6.45, 7) is 15.4. The monoisotopic (exact) mass is 663 g/mol. The van der Waals surface area contributed by atoms with Gasteiger partial charge in [0, 0.05) is 0 Å². The Hall–Kier alpha value is -1.53. The van der Waals surface area contributed by atoms with Gasteiger partial charge >= 0.3 is 28.4 Å². The summed E-state index contributed by atoms with van der Waals surface area (Å²) < 4.78 is 3.34. The number of allylic oxidation sites excluding steroid dienone is 4. The van der Waals surface area contributed by atoms with Crippen LogP contribution >= 0.6 is 24.8 Å². The van der Waals surface area contributed by atoms with Crippen LogP contribution in [0.4, 0.5) is 0 Å². The van der Waals surface area contributed by atoms with Crippen molar-refractivity contribution in [2.75, 3.05) is 0 Å². The first-order chi connectivity index (χ1) is 18.7. The quantitative estimate of drug-likeness (QED) is 0.178. The van der Waals surface area contributed by atoms with Gasteiger partial charge in [-0.2, -0.15) is 70.8 Å². The molecule has 1 saturated carbocycles. The molecule has 3 aromatic carbocycles. The summed E-state index contributed by atoms with van der Waals surface area (Å²) in [6.07, 6.45) is 16.1. The van der Waals surface area contributed by atoms with Crippen molar-refractivity contribution >= 4 is 29.0 Å². The van der Waals surface area contributed by atoms with Crippen molar-refractivity contribution in [2.45, 2.75) is 87.0 Å². The molecular weight excluding hydrogens is 619 g/mol. The molecule has 0 heterocycles. The van der Waals surface area contributed by atoms with Gasteiger partial charge < -0.3 is 0 Å². The third-order valence-corrected chi connectivity index (χ3v) is 8.46. The summed E-state index contributed by atoms with van der Waals surface area (Å²) in [4.78, 5) is 0. The van der Waals surface area contributed by atoms with Crippen LogP contribution in [-0.2, 0) is 30.7 Å². The molecule has 1 fully saturated rings. The van der Waals surface area contributed by atoms with E-state index < -0.39 is 0 Å². The Labute approximate surface area is 278 Å². The van der Waals surface area contributed by atoms with Crippen LogP contribution in [0.3, 0.4) is 0 Å². The molecule has 0 saturated heterocycles. The zero-order chi connectivity index (χ0) is 28.6. The zero-order valence-electron chi connectivity index (χ0n) is 26.0. The van der Waals surface area contributed by atoms with Crippen LogP contribution in [0.1, 0.15) is 84.9 Å². The van der Waals surface area contributed by atoms with Crippen LogP contribution in [0.5, 0.6) is 0 Å². The number of hydrogen-bond acceptors (Lipinski definition) is 0. The topological polar surface area (TPSA) is 0 Å².